The van der Waals surface area contributed by atoms with Gasteiger partial charge >= 0.3 is 0 Å². The number of anilines is 1. The molecule has 1 unspecified atom stereocenters. The number of ether oxygens (including phenoxy) is 1. The van der Waals surface area contributed by atoms with E-state index in [1.165, 1.54) is 22.2 Å². The number of hydrogen-bond donors (Lipinski definition) is 0. The highest BCUT2D eigenvalue weighted by atomic mass is 32.1. The lowest BCUT2D eigenvalue weighted by molar-refractivity contribution is -0.119. The van der Waals surface area contributed by atoms with E-state index < -0.39 is 0 Å². The predicted octanol–water partition coefficient (Wildman–Crippen LogP) is 4.11. The molecule has 31 heavy (non-hydrogen) atoms. The Labute approximate surface area is 183 Å². The second kappa shape index (κ2) is 7.67. The molecule has 1 amide bonds. The minimum Gasteiger partial charge on any atom is -0.497 e. The Hall–Kier alpha value is -3.45. The molecule has 4 aromatic rings. The molecule has 156 valence electrons. The van der Waals surface area contributed by atoms with Crippen molar-refractivity contribution in [3.63, 3.8) is 0 Å². The van der Waals surface area contributed by atoms with Crippen molar-refractivity contribution in [2.24, 2.45) is 0 Å². The summed E-state index contributed by atoms with van der Waals surface area (Å²) in [6.45, 7) is 1.99. The Morgan fingerprint density at radius 1 is 1.19 bits per heavy atom. The fourth-order valence-electron chi connectivity index (χ4n) is 4.23. The van der Waals surface area contributed by atoms with Crippen LogP contribution in [-0.2, 0) is 17.8 Å². The Morgan fingerprint density at radius 2 is 1.97 bits per heavy atom. The maximum absolute atomic E-state index is 13.3. The number of thiophene rings is 1. The molecule has 1 atom stereocenters. The van der Waals surface area contributed by atoms with Gasteiger partial charge in [-0.3, -0.25) is 14.2 Å². The molecule has 1 aliphatic heterocycles. The zero-order valence-electron chi connectivity index (χ0n) is 17.2. The van der Waals surface area contributed by atoms with Crippen molar-refractivity contribution >= 4 is 33.1 Å². The first kappa shape index (κ1) is 19.5. The molecular weight excluding hydrogens is 410 g/mol. The quantitative estimate of drug-likeness (QED) is 0.488. The Morgan fingerprint density at radius 3 is 2.74 bits per heavy atom. The molecule has 5 rings (SSSR count). The third-order valence-corrected chi connectivity index (χ3v) is 6.63. The maximum atomic E-state index is 13.3. The Bertz CT molecular complexity index is 1340. The Kier molecular flexibility index (Phi) is 4.82. The fourth-order valence-corrected chi connectivity index (χ4v) is 5.14. The molecule has 0 aliphatic carbocycles. The number of hydrogen-bond acceptors (Lipinski definition) is 5. The van der Waals surface area contributed by atoms with Gasteiger partial charge in [-0.15, -0.1) is 11.3 Å². The lowest BCUT2D eigenvalue weighted by atomic mass is 10.1. The van der Waals surface area contributed by atoms with Gasteiger partial charge in [-0.05, 0) is 42.7 Å². The van der Waals surface area contributed by atoms with Crippen LogP contribution in [0.1, 0.15) is 12.5 Å². The molecule has 7 heteroatoms. The van der Waals surface area contributed by atoms with Crippen molar-refractivity contribution in [1.82, 2.24) is 9.55 Å². The van der Waals surface area contributed by atoms with Crippen LogP contribution < -0.4 is 15.2 Å². The summed E-state index contributed by atoms with van der Waals surface area (Å²) in [5, 5.41) is 2.48. The average molecular weight is 432 g/mol. The molecule has 1 aliphatic rings. The first-order valence-electron chi connectivity index (χ1n) is 10.1. The van der Waals surface area contributed by atoms with Crippen molar-refractivity contribution in [2.75, 3.05) is 12.0 Å². The number of aromatic nitrogens is 2. The minimum atomic E-state index is -0.203. The molecule has 6 nitrogen and oxygen atoms in total. The molecule has 0 bridgehead atoms. The van der Waals surface area contributed by atoms with Gasteiger partial charge in [-0.2, -0.15) is 0 Å². The van der Waals surface area contributed by atoms with E-state index in [-0.39, 0.29) is 24.1 Å². The third-order valence-electron chi connectivity index (χ3n) is 5.74. The van der Waals surface area contributed by atoms with Crippen LogP contribution >= 0.6 is 11.3 Å². The first-order chi connectivity index (χ1) is 15.1. The number of rotatable bonds is 4. The van der Waals surface area contributed by atoms with E-state index >= 15 is 0 Å². The molecule has 2 aromatic heterocycles. The van der Waals surface area contributed by atoms with Crippen molar-refractivity contribution < 1.29 is 9.53 Å². The number of nitrogens with zero attached hydrogens (tertiary/aromatic N) is 3. The summed E-state index contributed by atoms with van der Waals surface area (Å²) in [6.07, 6.45) is 2.30. The number of fused-ring (bicyclic) bond motifs is 2. The van der Waals surface area contributed by atoms with Crippen LogP contribution in [0.25, 0.3) is 21.3 Å². The van der Waals surface area contributed by atoms with Gasteiger partial charge in [0.05, 0.1) is 18.8 Å². The summed E-state index contributed by atoms with van der Waals surface area (Å²) < 4.78 is 6.64. The summed E-state index contributed by atoms with van der Waals surface area (Å²) in [5.74, 6) is 0.645. The van der Waals surface area contributed by atoms with Crippen LogP contribution in [0.5, 0.6) is 5.75 Å². The zero-order chi connectivity index (χ0) is 21.5. The number of amides is 1. The highest BCUT2D eigenvalue weighted by molar-refractivity contribution is 7.17. The average Bonchev–Trinajstić information content (AvgIpc) is 3.36. The fraction of sp³-hybridized carbons (Fsp3) is 0.208. The number of para-hydroxylation sites is 1. The maximum Gasteiger partial charge on any atom is 0.263 e. The standard InChI is InChI=1S/C24H21N3O3S/c1-15-11-17-5-3-4-6-20(17)27(15)21(28)12-26-14-25-23-22(24(26)29)19(13-31-23)16-7-9-18(30-2)10-8-16/h3-10,13-15H,11-12H2,1-2H3. The second-order valence-electron chi connectivity index (χ2n) is 7.68. The lowest BCUT2D eigenvalue weighted by Gasteiger charge is -2.23. The second-order valence-corrected chi connectivity index (χ2v) is 8.54. The van der Waals surface area contributed by atoms with E-state index in [1.807, 2.05) is 60.8 Å². The van der Waals surface area contributed by atoms with Gasteiger partial charge in [0.15, 0.2) is 0 Å². The topological polar surface area (TPSA) is 64.4 Å². The van der Waals surface area contributed by atoms with Crippen LogP contribution in [0.2, 0.25) is 0 Å². The molecule has 3 heterocycles. The molecule has 0 radical (unpaired) electrons. The van der Waals surface area contributed by atoms with Gasteiger partial charge in [0.25, 0.3) is 5.56 Å². The van der Waals surface area contributed by atoms with Gasteiger partial charge in [0.2, 0.25) is 5.91 Å². The normalized spacial score (nSPS) is 15.3. The number of benzene rings is 2. The predicted molar refractivity (Wildman–Crippen MR) is 123 cm³/mol. The number of carbonyl (C=O) groups is 1. The van der Waals surface area contributed by atoms with Crippen molar-refractivity contribution in [1.29, 1.82) is 0 Å². The largest absolute Gasteiger partial charge is 0.497 e. The van der Waals surface area contributed by atoms with Crippen molar-refractivity contribution in [3.05, 3.63) is 76.2 Å². The number of methoxy groups -OCH3 is 1. The highest BCUT2D eigenvalue weighted by Crippen LogP contribution is 2.33. The SMILES string of the molecule is COc1ccc(-c2csc3ncn(CC(=O)N4c5ccccc5CC4C)c(=O)c23)cc1. The van der Waals surface area contributed by atoms with Crippen LogP contribution in [0.3, 0.4) is 0 Å². The Balaban J connectivity index is 1.50. The first-order valence-corrected chi connectivity index (χ1v) is 11.0. The van der Waals surface area contributed by atoms with E-state index in [2.05, 4.69) is 4.98 Å². The van der Waals surface area contributed by atoms with Gasteiger partial charge < -0.3 is 9.64 Å². The van der Waals surface area contributed by atoms with E-state index in [4.69, 9.17) is 4.74 Å². The highest BCUT2D eigenvalue weighted by Gasteiger charge is 2.30. The molecule has 0 fully saturated rings. The van der Waals surface area contributed by atoms with Crippen LogP contribution in [0.15, 0.2) is 65.0 Å². The molecule has 0 spiro atoms. The van der Waals surface area contributed by atoms with Gasteiger partial charge in [-0.1, -0.05) is 30.3 Å². The van der Waals surface area contributed by atoms with Crippen molar-refractivity contribution in [3.8, 4) is 16.9 Å². The number of carbonyl (C=O) groups excluding carboxylic acids is 1. The molecule has 0 N–H and O–H groups in total. The van der Waals surface area contributed by atoms with E-state index in [0.29, 0.717) is 10.2 Å². The van der Waals surface area contributed by atoms with E-state index in [1.54, 1.807) is 12.0 Å². The lowest BCUT2D eigenvalue weighted by Crippen LogP contribution is -2.40. The van der Waals surface area contributed by atoms with Gasteiger partial charge in [0, 0.05) is 22.7 Å². The minimum absolute atomic E-state index is 0.0433. The summed E-state index contributed by atoms with van der Waals surface area (Å²) in [4.78, 5) is 33.4. The van der Waals surface area contributed by atoms with Crippen LogP contribution in [0, 0.1) is 0 Å². The van der Waals surface area contributed by atoms with Crippen LogP contribution in [0.4, 0.5) is 5.69 Å². The summed E-state index contributed by atoms with van der Waals surface area (Å²) in [5.41, 5.74) is 3.62. The molecule has 0 saturated carbocycles. The third kappa shape index (κ3) is 3.31. The summed E-state index contributed by atoms with van der Waals surface area (Å²) in [6, 6.07) is 15.6. The summed E-state index contributed by atoms with van der Waals surface area (Å²) >= 11 is 1.43. The van der Waals surface area contributed by atoms with Crippen molar-refractivity contribution in [2.45, 2.75) is 25.9 Å². The van der Waals surface area contributed by atoms with Gasteiger partial charge in [0.1, 0.15) is 17.1 Å². The molecular formula is C24H21N3O3S. The summed E-state index contributed by atoms with van der Waals surface area (Å²) in [7, 11) is 1.62. The molecule has 0 saturated heterocycles. The monoisotopic (exact) mass is 431 g/mol. The zero-order valence-corrected chi connectivity index (χ0v) is 18.1. The van der Waals surface area contributed by atoms with E-state index in [0.717, 1.165) is 34.5 Å². The van der Waals surface area contributed by atoms with E-state index in [9.17, 15) is 9.59 Å². The molecule has 2 aromatic carbocycles. The van der Waals surface area contributed by atoms with Crippen LogP contribution in [-0.4, -0.2) is 28.6 Å². The smallest absolute Gasteiger partial charge is 0.263 e. The van der Waals surface area contributed by atoms with Gasteiger partial charge in [-0.25, -0.2) is 4.98 Å².